The fourth-order valence-electron chi connectivity index (χ4n) is 2.82. The first-order chi connectivity index (χ1) is 12.2. The van der Waals surface area contributed by atoms with E-state index in [4.69, 9.17) is 4.74 Å². The number of aromatic nitrogens is 4. The van der Waals surface area contributed by atoms with Gasteiger partial charge in [-0.2, -0.15) is 0 Å². The standard InChI is InChI=1S/C17H16FN5O2/c18-12-4-1-3-11(7-12)16-15-10-25-13(9-23(15)22-21-16)8-20-17(24)14-5-2-6-19-14/h1-7,13,19H,8-10H2,(H,20,24)/t13-/m0/s1. The number of carbonyl (C=O) groups excluding carboxylic acids is 1. The summed E-state index contributed by atoms with van der Waals surface area (Å²) in [5.74, 6) is -0.501. The summed E-state index contributed by atoms with van der Waals surface area (Å²) in [5.41, 5.74) is 2.60. The van der Waals surface area contributed by atoms with Crippen molar-refractivity contribution < 1.29 is 13.9 Å². The summed E-state index contributed by atoms with van der Waals surface area (Å²) in [6.07, 6.45) is 1.50. The normalized spacial score (nSPS) is 16.4. The van der Waals surface area contributed by atoms with Gasteiger partial charge >= 0.3 is 0 Å². The SMILES string of the molecule is O=C(NC[C@H]1Cn2nnc(-c3cccc(F)c3)c2CO1)c1ccc[nH]1. The predicted molar refractivity (Wildman–Crippen MR) is 87.1 cm³/mol. The Bertz CT molecular complexity index is 890. The van der Waals surface area contributed by atoms with E-state index in [2.05, 4.69) is 20.6 Å². The van der Waals surface area contributed by atoms with Crippen molar-refractivity contribution in [1.82, 2.24) is 25.3 Å². The van der Waals surface area contributed by atoms with Crippen LogP contribution in [0.4, 0.5) is 4.39 Å². The highest BCUT2D eigenvalue weighted by atomic mass is 19.1. The van der Waals surface area contributed by atoms with Gasteiger partial charge in [-0.25, -0.2) is 9.07 Å². The minimum absolute atomic E-state index is 0.182. The number of rotatable bonds is 4. The molecule has 1 aliphatic heterocycles. The molecule has 0 bridgehead atoms. The van der Waals surface area contributed by atoms with E-state index in [1.807, 2.05) is 0 Å². The molecule has 1 atom stereocenters. The molecule has 25 heavy (non-hydrogen) atoms. The molecule has 1 amide bonds. The summed E-state index contributed by atoms with van der Waals surface area (Å²) in [6, 6.07) is 9.71. The molecule has 3 heterocycles. The van der Waals surface area contributed by atoms with Gasteiger partial charge in [0, 0.05) is 18.3 Å². The molecule has 0 saturated heterocycles. The molecule has 2 N–H and O–H groups in total. The maximum atomic E-state index is 13.4. The van der Waals surface area contributed by atoms with E-state index in [1.54, 1.807) is 35.1 Å². The van der Waals surface area contributed by atoms with Gasteiger partial charge in [-0.05, 0) is 24.3 Å². The summed E-state index contributed by atoms with van der Waals surface area (Å²) in [4.78, 5) is 14.8. The van der Waals surface area contributed by atoms with Gasteiger partial charge in [0.15, 0.2) is 0 Å². The highest BCUT2D eigenvalue weighted by Crippen LogP contribution is 2.25. The average molecular weight is 341 g/mol. The zero-order valence-corrected chi connectivity index (χ0v) is 13.3. The van der Waals surface area contributed by atoms with Crippen LogP contribution in [0.25, 0.3) is 11.3 Å². The molecule has 0 unspecified atom stereocenters. The van der Waals surface area contributed by atoms with Crippen molar-refractivity contribution in [3.05, 3.63) is 59.8 Å². The molecule has 7 nitrogen and oxygen atoms in total. The van der Waals surface area contributed by atoms with Gasteiger partial charge in [-0.15, -0.1) is 5.10 Å². The second kappa shape index (κ2) is 6.48. The number of amides is 1. The summed E-state index contributed by atoms with van der Waals surface area (Å²) < 4.78 is 21.0. The van der Waals surface area contributed by atoms with Crippen molar-refractivity contribution in [2.45, 2.75) is 19.3 Å². The topological polar surface area (TPSA) is 84.8 Å². The molecule has 0 spiro atoms. The van der Waals surface area contributed by atoms with Crippen molar-refractivity contribution in [2.24, 2.45) is 0 Å². The molecular formula is C17H16FN5O2. The summed E-state index contributed by atoms with van der Waals surface area (Å²) in [5, 5.41) is 11.1. The number of benzene rings is 1. The molecule has 1 aromatic carbocycles. The Hall–Kier alpha value is -3.00. The number of aromatic amines is 1. The zero-order valence-electron chi connectivity index (χ0n) is 13.3. The maximum Gasteiger partial charge on any atom is 0.267 e. The minimum Gasteiger partial charge on any atom is -0.368 e. The van der Waals surface area contributed by atoms with Crippen molar-refractivity contribution in [3.63, 3.8) is 0 Å². The smallest absolute Gasteiger partial charge is 0.267 e. The lowest BCUT2D eigenvalue weighted by Crippen LogP contribution is -2.39. The first-order valence-electron chi connectivity index (χ1n) is 7.92. The van der Waals surface area contributed by atoms with Crippen LogP contribution in [0, 0.1) is 5.82 Å². The van der Waals surface area contributed by atoms with Crippen molar-refractivity contribution in [3.8, 4) is 11.3 Å². The van der Waals surface area contributed by atoms with Crippen LogP contribution in [-0.4, -0.2) is 38.5 Å². The highest BCUT2D eigenvalue weighted by molar-refractivity contribution is 5.92. The van der Waals surface area contributed by atoms with Crippen LogP contribution >= 0.6 is 0 Å². The quantitative estimate of drug-likeness (QED) is 0.757. The van der Waals surface area contributed by atoms with Crippen LogP contribution in [0.1, 0.15) is 16.2 Å². The fourth-order valence-corrected chi connectivity index (χ4v) is 2.82. The number of hydrogen-bond donors (Lipinski definition) is 2. The van der Waals surface area contributed by atoms with Gasteiger partial charge in [0.05, 0.1) is 24.9 Å². The van der Waals surface area contributed by atoms with E-state index in [0.29, 0.717) is 36.6 Å². The number of nitrogens with one attached hydrogen (secondary N) is 2. The Morgan fingerprint density at radius 3 is 3.12 bits per heavy atom. The average Bonchev–Trinajstić information content (AvgIpc) is 3.29. The van der Waals surface area contributed by atoms with E-state index in [9.17, 15) is 9.18 Å². The van der Waals surface area contributed by atoms with E-state index < -0.39 is 0 Å². The third-order valence-corrected chi connectivity index (χ3v) is 4.10. The molecular weight excluding hydrogens is 325 g/mol. The van der Waals surface area contributed by atoms with Crippen LogP contribution in [0.15, 0.2) is 42.6 Å². The number of ether oxygens (including phenoxy) is 1. The van der Waals surface area contributed by atoms with Gasteiger partial charge in [0.25, 0.3) is 5.91 Å². The largest absolute Gasteiger partial charge is 0.368 e. The highest BCUT2D eigenvalue weighted by Gasteiger charge is 2.25. The zero-order chi connectivity index (χ0) is 17.2. The summed E-state index contributed by atoms with van der Waals surface area (Å²) >= 11 is 0. The molecule has 4 rings (SSSR count). The molecule has 2 aromatic heterocycles. The number of fused-ring (bicyclic) bond motifs is 1. The summed E-state index contributed by atoms with van der Waals surface area (Å²) in [7, 11) is 0. The predicted octanol–water partition coefficient (Wildman–Crippen LogP) is 1.74. The van der Waals surface area contributed by atoms with Gasteiger partial charge < -0.3 is 15.0 Å². The molecule has 0 aliphatic carbocycles. The second-order valence-corrected chi connectivity index (χ2v) is 5.80. The first-order valence-corrected chi connectivity index (χ1v) is 7.92. The molecule has 0 fully saturated rings. The lowest BCUT2D eigenvalue weighted by atomic mass is 10.1. The number of nitrogens with zero attached hydrogens (tertiary/aromatic N) is 3. The third kappa shape index (κ3) is 3.16. The maximum absolute atomic E-state index is 13.4. The van der Waals surface area contributed by atoms with E-state index in [1.165, 1.54) is 12.1 Å². The van der Waals surface area contributed by atoms with Gasteiger partial charge in [-0.1, -0.05) is 17.3 Å². The molecule has 3 aromatic rings. The van der Waals surface area contributed by atoms with Crippen LogP contribution in [0.3, 0.4) is 0 Å². The Labute approximate surface area is 142 Å². The Kier molecular flexibility index (Phi) is 4.02. The first kappa shape index (κ1) is 15.5. The third-order valence-electron chi connectivity index (χ3n) is 4.10. The lowest BCUT2D eigenvalue weighted by Gasteiger charge is -2.24. The number of carbonyl (C=O) groups is 1. The van der Waals surface area contributed by atoms with Crippen LogP contribution in [0.5, 0.6) is 0 Å². The number of H-pyrrole nitrogens is 1. The van der Waals surface area contributed by atoms with E-state index in [-0.39, 0.29) is 17.8 Å². The molecule has 8 heteroatoms. The molecule has 0 saturated carbocycles. The van der Waals surface area contributed by atoms with Crippen LogP contribution < -0.4 is 5.32 Å². The minimum atomic E-state index is -0.319. The van der Waals surface area contributed by atoms with Crippen molar-refractivity contribution in [1.29, 1.82) is 0 Å². The van der Waals surface area contributed by atoms with Crippen LogP contribution in [0.2, 0.25) is 0 Å². The number of halogens is 1. The lowest BCUT2D eigenvalue weighted by molar-refractivity contribution is 0.00174. The monoisotopic (exact) mass is 341 g/mol. The van der Waals surface area contributed by atoms with Crippen LogP contribution in [-0.2, 0) is 17.9 Å². The van der Waals surface area contributed by atoms with Crippen molar-refractivity contribution >= 4 is 5.91 Å². The fraction of sp³-hybridized carbons (Fsp3) is 0.235. The van der Waals surface area contributed by atoms with Gasteiger partial charge in [-0.3, -0.25) is 4.79 Å². The molecule has 1 aliphatic rings. The van der Waals surface area contributed by atoms with E-state index >= 15 is 0 Å². The van der Waals surface area contributed by atoms with E-state index in [0.717, 1.165) is 5.69 Å². The van der Waals surface area contributed by atoms with Crippen molar-refractivity contribution in [2.75, 3.05) is 6.54 Å². The molecule has 0 radical (unpaired) electrons. The Morgan fingerprint density at radius 1 is 1.40 bits per heavy atom. The molecule has 128 valence electrons. The Morgan fingerprint density at radius 2 is 2.32 bits per heavy atom. The summed E-state index contributed by atoms with van der Waals surface area (Å²) in [6.45, 7) is 1.15. The second-order valence-electron chi connectivity index (χ2n) is 5.80. The number of hydrogen-bond acceptors (Lipinski definition) is 4. The van der Waals surface area contributed by atoms with Gasteiger partial charge in [0.1, 0.15) is 17.2 Å². The van der Waals surface area contributed by atoms with Gasteiger partial charge in [0.2, 0.25) is 0 Å². The Balaban J connectivity index is 1.43.